The fourth-order valence-electron chi connectivity index (χ4n) is 6.16. The maximum Gasteiger partial charge on any atom is 0.410 e. The van der Waals surface area contributed by atoms with Crippen molar-refractivity contribution in [2.45, 2.75) is 57.4 Å². The summed E-state index contributed by atoms with van der Waals surface area (Å²) in [5.41, 5.74) is -0.0746. The van der Waals surface area contributed by atoms with Crippen LogP contribution >= 0.6 is 0 Å². The molecule has 1 saturated heterocycles. The summed E-state index contributed by atoms with van der Waals surface area (Å²) in [6.45, 7) is 5.12. The van der Waals surface area contributed by atoms with Gasteiger partial charge in [0.2, 0.25) is 5.91 Å². The van der Waals surface area contributed by atoms with Crippen molar-refractivity contribution in [2.24, 2.45) is 23.2 Å². The number of nitrogens with zero attached hydrogens (tertiary/aromatic N) is 1. The van der Waals surface area contributed by atoms with Gasteiger partial charge in [-0.25, -0.2) is 4.79 Å². The van der Waals surface area contributed by atoms with E-state index in [2.05, 4.69) is 11.9 Å². The molecule has 138 valence electrons. The third kappa shape index (κ3) is 3.30. The summed E-state index contributed by atoms with van der Waals surface area (Å²) >= 11 is 0. The van der Waals surface area contributed by atoms with Crippen LogP contribution in [0.4, 0.5) is 4.79 Å². The van der Waals surface area contributed by atoms with Gasteiger partial charge in [-0.1, -0.05) is 12.7 Å². The van der Waals surface area contributed by atoms with Gasteiger partial charge in [0.15, 0.2) is 0 Å². The molecule has 0 aromatic heterocycles. The van der Waals surface area contributed by atoms with E-state index in [9.17, 15) is 9.59 Å². The minimum Gasteiger partial charge on any atom is -0.445 e. The van der Waals surface area contributed by atoms with Crippen LogP contribution in [0.1, 0.15) is 51.4 Å². The number of carbonyl (C=O) groups excluding carboxylic acids is 2. The van der Waals surface area contributed by atoms with E-state index in [0.717, 1.165) is 49.9 Å². The fraction of sp³-hybridized carbons (Fsp3) is 0.800. The van der Waals surface area contributed by atoms with Gasteiger partial charge in [-0.3, -0.25) is 4.79 Å². The van der Waals surface area contributed by atoms with Crippen LogP contribution in [0.5, 0.6) is 0 Å². The Labute approximate surface area is 150 Å². The Morgan fingerprint density at radius 1 is 1.08 bits per heavy atom. The molecule has 0 unspecified atom stereocenters. The van der Waals surface area contributed by atoms with Crippen LogP contribution in [0.3, 0.4) is 0 Å². The molecule has 0 aromatic carbocycles. The van der Waals surface area contributed by atoms with E-state index in [1.165, 1.54) is 19.3 Å². The number of hydrogen-bond donors (Lipinski definition) is 1. The molecule has 4 saturated carbocycles. The molecule has 0 radical (unpaired) electrons. The van der Waals surface area contributed by atoms with Crippen LogP contribution in [0.2, 0.25) is 0 Å². The van der Waals surface area contributed by atoms with Crippen molar-refractivity contribution in [1.82, 2.24) is 10.2 Å². The molecule has 5 fully saturated rings. The number of nitrogens with one attached hydrogen (secondary N) is 1. The fourth-order valence-corrected chi connectivity index (χ4v) is 6.16. The topological polar surface area (TPSA) is 58.6 Å². The molecule has 1 heterocycles. The van der Waals surface area contributed by atoms with Crippen molar-refractivity contribution < 1.29 is 14.3 Å². The SMILES string of the molecule is C=CCOC(=O)N1CCC(NC(=O)C23CC4CC(CC(C4)C2)C3)CC1. The molecule has 0 atom stereocenters. The van der Waals surface area contributed by atoms with E-state index in [0.29, 0.717) is 19.0 Å². The van der Waals surface area contributed by atoms with Crippen molar-refractivity contribution in [3.63, 3.8) is 0 Å². The largest absolute Gasteiger partial charge is 0.445 e. The van der Waals surface area contributed by atoms with Gasteiger partial charge in [0.25, 0.3) is 0 Å². The predicted octanol–water partition coefficient (Wildman–Crippen LogP) is 3.11. The van der Waals surface area contributed by atoms with Crippen LogP contribution in [0.15, 0.2) is 12.7 Å². The van der Waals surface area contributed by atoms with Crippen LogP contribution in [0.25, 0.3) is 0 Å². The minimum absolute atomic E-state index is 0.0746. The number of rotatable bonds is 4. The first kappa shape index (κ1) is 16.9. The zero-order chi connectivity index (χ0) is 17.4. The molecule has 0 aromatic rings. The van der Waals surface area contributed by atoms with Crippen LogP contribution in [-0.2, 0) is 9.53 Å². The first-order valence-corrected chi connectivity index (χ1v) is 9.91. The average Bonchev–Trinajstić information content (AvgIpc) is 2.59. The highest BCUT2D eigenvalue weighted by Gasteiger charge is 2.54. The van der Waals surface area contributed by atoms with E-state index < -0.39 is 0 Å². The molecule has 5 aliphatic rings. The standard InChI is InChI=1S/C20H30N2O3/c1-2-7-25-19(24)22-5-3-17(4-6-22)21-18(23)20-11-14-8-15(12-20)10-16(9-14)13-20/h2,14-17H,1,3-13H2,(H,21,23). The van der Waals surface area contributed by atoms with Crippen molar-refractivity contribution in [3.05, 3.63) is 12.7 Å². The number of amides is 2. The predicted molar refractivity (Wildman–Crippen MR) is 94.9 cm³/mol. The lowest BCUT2D eigenvalue weighted by Crippen LogP contribution is -2.56. The van der Waals surface area contributed by atoms with Crippen molar-refractivity contribution in [2.75, 3.05) is 19.7 Å². The van der Waals surface area contributed by atoms with Crippen molar-refractivity contribution >= 4 is 12.0 Å². The normalized spacial score (nSPS) is 37.0. The lowest BCUT2D eigenvalue weighted by atomic mass is 9.49. The van der Waals surface area contributed by atoms with Crippen LogP contribution in [0, 0.1) is 23.2 Å². The molecular formula is C20H30N2O3. The number of piperidine rings is 1. The highest BCUT2D eigenvalue weighted by Crippen LogP contribution is 2.60. The lowest BCUT2D eigenvalue weighted by molar-refractivity contribution is -0.147. The number of likely N-dealkylation sites (tertiary alicyclic amines) is 1. The molecular weight excluding hydrogens is 316 g/mol. The maximum absolute atomic E-state index is 13.1. The molecule has 5 rings (SSSR count). The molecule has 4 aliphatic carbocycles. The first-order valence-electron chi connectivity index (χ1n) is 9.91. The Kier molecular flexibility index (Phi) is 4.50. The van der Waals surface area contributed by atoms with E-state index in [1.54, 1.807) is 11.0 Å². The second-order valence-electron chi connectivity index (χ2n) is 8.80. The molecule has 2 amide bonds. The molecule has 5 nitrogen and oxygen atoms in total. The zero-order valence-corrected chi connectivity index (χ0v) is 15.0. The molecule has 0 spiro atoms. The smallest absolute Gasteiger partial charge is 0.410 e. The first-order chi connectivity index (χ1) is 12.1. The minimum atomic E-state index is -0.272. The molecule has 25 heavy (non-hydrogen) atoms. The summed E-state index contributed by atoms with van der Waals surface area (Å²) in [6.07, 6.45) is 10.4. The highest BCUT2D eigenvalue weighted by molar-refractivity contribution is 5.83. The van der Waals surface area contributed by atoms with Gasteiger partial charge in [-0.15, -0.1) is 0 Å². The second-order valence-corrected chi connectivity index (χ2v) is 8.80. The number of carbonyl (C=O) groups is 2. The Hall–Kier alpha value is -1.52. The van der Waals surface area contributed by atoms with Gasteiger partial charge in [0, 0.05) is 24.5 Å². The van der Waals surface area contributed by atoms with Gasteiger partial charge in [-0.2, -0.15) is 0 Å². The van der Waals surface area contributed by atoms with E-state index in [1.807, 2.05) is 0 Å². The van der Waals surface area contributed by atoms with Gasteiger partial charge < -0.3 is 15.0 Å². The van der Waals surface area contributed by atoms with E-state index in [4.69, 9.17) is 4.74 Å². The highest BCUT2D eigenvalue weighted by atomic mass is 16.6. The summed E-state index contributed by atoms with van der Waals surface area (Å²) in [4.78, 5) is 26.7. The van der Waals surface area contributed by atoms with Crippen molar-refractivity contribution in [3.8, 4) is 0 Å². The second kappa shape index (κ2) is 6.65. The van der Waals surface area contributed by atoms with Crippen LogP contribution < -0.4 is 5.32 Å². The Morgan fingerprint density at radius 3 is 2.16 bits per heavy atom. The van der Waals surface area contributed by atoms with E-state index in [-0.39, 0.29) is 24.2 Å². The third-order valence-corrected chi connectivity index (χ3v) is 6.93. The molecule has 1 N–H and O–H groups in total. The Morgan fingerprint density at radius 2 is 1.64 bits per heavy atom. The maximum atomic E-state index is 13.1. The van der Waals surface area contributed by atoms with E-state index >= 15 is 0 Å². The Balaban J connectivity index is 1.29. The average molecular weight is 346 g/mol. The quantitative estimate of drug-likeness (QED) is 0.796. The summed E-state index contributed by atoms with van der Waals surface area (Å²) < 4.78 is 5.09. The molecule has 5 heteroatoms. The summed E-state index contributed by atoms with van der Waals surface area (Å²) in [5, 5.41) is 3.34. The van der Waals surface area contributed by atoms with Crippen LogP contribution in [-0.4, -0.2) is 42.6 Å². The zero-order valence-electron chi connectivity index (χ0n) is 15.0. The number of ether oxygens (including phenoxy) is 1. The van der Waals surface area contributed by atoms with Gasteiger partial charge in [0.05, 0.1) is 0 Å². The summed E-state index contributed by atoms with van der Waals surface area (Å²) in [7, 11) is 0. The summed E-state index contributed by atoms with van der Waals surface area (Å²) in [5.74, 6) is 2.68. The monoisotopic (exact) mass is 346 g/mol. The molecule has 1 aliphatic heterocycles. The summed E-state index contributed by atoms with van der Waals surface area (Å²) in [6, 6.07) is 0.198. The Bertz CT molecular complexity index is 516. The van der Waals surface area contributed by atoms with Gasteiger partial charge in [-0.05, 0) is 69.1 Å². The van der Waals surface area contributed by atoms with Gasteiger partial charge >= 0.3 is 6.09 Å². The number of hydrogen-bond acceptors (Lipinski definition) is 3. The van der Waals surface area contributed by atoms with Gasteiger partial charge in [0.1, 0.15) is 6.61 Å². The lowest BCUT2D eigenvalue weighted by Gasteiger charge is -2.56. The molecule has 4 bridgehead atoms. The third-order valence-electron chi connectivity index (χ3n) is 6.93. The van der Waals surface area contributed by atoms with Crippen molar-refractivity contribution in [1.29, 1.82) is 0 Å².